The van der Waals surface area contributed by atoms with E-state index in [1.807, 2.05) is 0 Å². The molecule has 3 heteroatoms. The molecule has 0 aromatic heterocycles. The molecular weight excluding hydrogens is 300 g/mol. The molecule has 0 heterocycles. The first-order valence-corrected chi connectivity index (χ1v) is 8.53. The largest absolute Gasteiger partial charge is 0.356 e. The van der Waals surface area contributed by atoms with Gasteiger partial charge in [0.25, 0.3) is 0 Å². The number of rotatable bonds is 4. The highest BCUT2D eigenvalue weighted by Gasteiger charge is 2.13. The summed E-state index contributed by atoms with van der Waals surface area (Å²) in [5.74, 6) is 0. The van der Waals surface area contributed by atoms with Crippen molar-refractivity contribution in [2.75, 3.05) is 5.32 Å². The van der Waals surface area contributed by atoms with Gasteiger partial charge in [0.2, 0.25) is 0 Å². The van der Waals surface area contributed by atoms with Crippen molar-refractivity contribution in [3.63, 3.8) is 0 Å². The Labute approximate surface area is 145 Å². The second kappa shape index (κ2) is 7.60. The van der Waals surface area contributed by atoms with Crippen LogP contribution in [0.25, 0.3) is 0 Å². The van der Waals surface area contributed by atoms with Crippen LogP contribution in [0.4, 0.5) is 5.69 Å². The molecular formula is C20H26N2S. The maximum Gasteiger partial charge on any atom is 0.171 e. The smallest absolute Gasteiger partial charge is 0.171 e. The molecule has 0 saturated heterocycles. The van der Waals surface area contributed by atoms with Crippen LogP contribution in [-0.2, 0) is 0 Å². The van der Waals surface area contributed by atoms with Gasteiger partial charge in [-0.1, -0.05) is 48.4 Å². The van der Waals surface area contributed by atoms with Crippen molar-refractivity contribution in [3.8, 4) is 0 Å². The molecule has 0 aliphatic rings. The number of aryl methyl sites for hydroxylation is 4. The van der Waals surface area contributed by atoms with Gasteiger partial charge in [-0.15, -0.1) is 0 Å². The Morgan fingerprint density at radius 1 is 0.957 bits per heavy atom. The van der Waals surface area contributed by atoms with E-state index in [1.54, 1.807) is 0 Å². The fourth-order valence-electron chi connectivity index (χ4n) is 2.89. The first-order valence-electron chi connectivity index (χ1n) is 8.12. The van der Waals surface area contributed by atoms with E-state index >= 15 is 0 Å². The molecule has 0 aliphatic heterocycles. The maximum atomic E-state index is 5.52. The molecule has 2 aromatic rings. The third-order valence-electron chi connectivity index (χ3n) is 4.14. The van der Waals surface area contributed by atoms with Gasteiger partial charge in [0.05, 0.1) is 6.04 Å². The number of hydrogen-bond acceptors (Lipinski definition) is 1. The van der Waals surface area contributed by atoms with E-state index in [-0.39, 0.29) is 6.04 Å². The highest BCUT2D eigenvalue weighted by Crippen LogP contribution is 2.22. The highest BCUT2D eigenvalue weighted by molar-refractivity contribution is 7.80. The van der Waals surface area contributed by atoms with E-state index in [1.165, 1.54) is 27.8 Å². The van der Waals surface area contributed by atoms with Crippen LogP contribution in [0.1, 0.15) is 47.2 Å². The zero-order valence-electron chi connectivity index (χ0n) is 14.7. The summed E-state index contributed by atoms with van der Waals surface area (Å²) in [6.07, 6.45) is 0.985. The summed E-state index contributed by atoms with van der Waals surface area (Å²) in [5.41, 5.74) is 7.42. The Balaban J connectivity index is 2.10. The van der Waals surface area contributed by atoms with E-state index < -0.39 is 0 Å². The Bertz CT molecular complexity index is 707. The molecule has 2 rings (SSSR count). The quantitative estimate of drug-likeness (QED) is 0.740. The van der Waals surface area contributed by atoms with Crippen molar-refractivity contribution in [2.45, 2.75) is 47.1 Å². The molecule has 2 N–H and O–H groups in total. The molecule has 2 aromatic carbocycles. The van der Waals surface area contributed by atoms with Gasteiger partial charge in [-0.3, -0.25) is 0 Å². The third kappa shape index (κ3) is 4.55. The second-order valence-corrected chi connectivity index (χ2v) is 6.65. The summed E-state index contributed by atoms with van der Waals surface area (Å²) < 4.78 is 0. The standard InChI is InChI=1S/C20H26N2S/c1-6-18(17-9-7-13(2)11-15(17)4)21-20(23)22-19-10-8-14(3)12-16(19)5/h7-12,18H,6H2,1-5H3,(H2,21,22,23)/t18-/m1/s1. The van der Waals surface area contributed by atoms with Gasteiger partial charge in [-0.05, 0) is 69.1 Å². The lowest BCUT2D eigenvalue weighted by Crippen LogP contribution is -2.32. The summed E-state index contributed by atoms with van der Waals surface area (Å²) in [7, 11) is 0. The Hall–Kier alpha value is -1.87. The SMILES string of the molecule is CC[C@@H](NC(=S)Nc1ccc(C)cc1C)c1ccc(C)cc1C. The zero-order chi connectivity index (χ0) is 17.0. The fraction of sp³-hybridized carbons (Fsp3) is 0.350. The van der Waals surface area contributed by atoms with Gasteiger partial charge in [-0.2, -0.15) is 0 Å². The van der Waals surface area contributed by atoms with E-state index in [4.69, 9.17) is 12.2 Å². The summed E-state index contributed by atoms with van der Waals surface area (Å²) in [4.78, 5) is 0. The fourth-order valence-corrected chi connectivity index (χ4v) is 3.14. The summed E-state index contributed by atoms with van der Waals surface area (Å²) >= 11 is 5.52. The molecule has 0 aliphatic carbocycles. The molecule has 2 nitrogen and oxygen atoms in total. The summed E-state index contributed by atoms with van der Waals surface area (Å²) in [6.45, 7) is 10.7. The minimum Gasteiger partial charge on any atom is -0.356 e. The van der Waals surface area contributed by atoms with Crippen LogP contribution in [0.2, 0.25) is 0 Å². The van der Waals surface area contributed by atoms with Crippen molar-refractivity contribution in [2.24, 2.45) is 0 Å². The third-order valence-corrected chi connectivity index (χ3v) is 4.36. The maximum absolute atomic E-state index is 5.52. The van der Waals surface area contributed by atoms with Crippen LogP contribution in [0.5, 0.6) is 0 Å². The normalized spacial score (nSPS) is 11.9. The van der Waals surface area contributed by atoms with Gasteiger partial charge >= 0.3 is 0 Å². The summed E-state index contributed by atoms with van der Waals surface area (Å²) in [5, 5.41) is 7.45. The molecule has 0 unspecified atom stereocenters. The van der Waals surface area contributed by atoms with Crippen LogP contribution in [0.15, 0.2) is 36.4 Å². The number of nitrogens with one attached hydrogen (secondary N) is 2. The molecule has 0 amide bonds. The summed E-state index contributed by atoms with van der Waals surface area (Å²) in [6, 6.07) is 13.1. The predicted octanol–water partition coefficient (Wildman–Crippen LogP) is 5.36. The topological polar surface area (TPSA) is 24.1 Å². The van der Waals surface area contributed by atoms with E-state index in [0.717, 1.165) is 12.1 Å². The van der Waals surface area contributed by atoms with Crippen molar-refractivity contribution in [1.82, 2.24) is 5.32 Å². The van der Waals surface area contributed by atoms with Crippen LogP contribution >= 0.6 is 12.2 Å². The first kappa shape index (κ1) is 17.5. The molecule has 1 atom stereocenters. The van der Waals surface area contributed by atoms with Crippen LogP contribution in [-0.4, -0.2) is 5.11 Å². The molecule has 23 heavy (non-hydrogen) atoms. The Morgan fingerprint density at radius 3 is 2.13 bits per heavy atom. The van der Waals surface area contributed by atoms with Gasteiger partial charge in [0.15, 0.2) is 5.11 Å². The first-order chi connectivity index (χ1) is 10.9. The Morgan fingerprint density at radius 2 is 1.57 bits per heavy atom. The lowest BCUT2D eigenvalue weighted by molar-refractivity contribution is 0.625. The van der Waals surface area contributed by atoms with E-state index in [0.29, 0.717) is 5.11 Å². The molecule has 0 fully saturated rings. The van der Waals surface area contributed by atoms with E-state index in [2.05, 4.69) is 81.7 Å². The average Bonchev–Trinajstić information content (AvgIpc) is 2.48. The highest BCUT2D eigenvalue weighted by atomic mass is 32.1. The number of benzene rings is 2. The lowest BCUT2D eigenvalue weighted by Gasteiger charge is -2.22. The van der Waals surface area contributed by atoms with Gasteiger partial charge in [0.1, 0.15) is 0 Å². The van der Waals surface area contributed by atoms with Crippen molar-refractivity contribution < 1.29 is 0 Å². The molecule has 0 radical (unpaired) electrons. The van der Waals surface area contributed by atoms with Gasteiger partial charge < -0.3 is 10.6 Å². The minimum atomic E-state index is 0.223. The average molecular weight is 327 g/mol. The Kier molecular flexibility index (Phi) is 5.78. The molecule has 0 saturated carbocycles. The van der Waals surface area contributed by atoms with Gasteiger partial charge in [0, 0.05) is 5.69 Å². The molecule has 0 bridgehead atoms. The second-order valence-electron chi connectivity index (χ2n) is 6.24. The lowest BCUT2D eigenvalue weighted by atomic mass is 9.98. The monoisotopic (exact) mass is 326 g/mol. The van der Waals surface area contributed by atoms with E-state index in [9.17, 15) is 0 Å². The zero-order valence-corrected chi connectivity index (χ0v) is 15.5. The number of thiocarbonyl (C=S) groups is 1. The van der Waals surface area contributed by atoms with Crippen molar-refractivity contribution in [1.29, 1.82) is 0 Å². The number of hydrogen-bond donors (Lipinski definition) is 2. The minimum absolute atomic E-state index is 0.223. The van der Waals surface area contributed by atoms with Crippen LogP contribution < -0.4 is 10.6 Å². The predicted molar refractivity (Wildman–Crippen MR) is 104 cm³/mol. The number of anilines is 1. The molecule has 0 spiro atoms. The van der Waals surface area contributed by atoms with Crippen LogP contribution in [0.3, 0.4) is 0 Å². The van der Waals surface area contributed by atoms with Gasteiger partial charge in [-0.25, -0.2) is 0 Å². The van der Waals surface area contributed by atoms with Crippen LogP contribution in [0, 0.1) is 27.7 Å². The molecule has 122 valence electrons. The van der Waals surface area contributed by atoms with Crippen molar-refractivity contribution >= 4 is 23.0 Å². The van der Waals surface area contributed by atoms with Crippen molar-refractivity contribution in [3.05, 3.63) is 64.2 Å².